The van der Waals surface area contributed by atoms with Crippen molar-refractivity contribution in [1.82, 2.24) is 10.6 Å². The molecule has 1 aromatic carbocycles. The van der Waals surface area contributed by atoms with Crippen molar-refractivity contribution in [2.75, 3.05) is 20.2 Å². The molecule has 1 atom stereocenters. The standard InChI is InChI=1S/C17H28N2O2/c1-13(2)9-10-21-16-8-6-5-7-15(16)12-19-17(20)14(3)11-18-4/h5-8,13-14,18H,9-12H2,1-4H3,(H,19,20). The van der Waals surface area contributed by atoms with Crippen molar-refractivity contribution in [3.8, 4) is 5.75 Å². The third-order valence-corrected chi connectivity index (χ3v) is 3.34. The van der Waals surface area contributed by atoms with E-state index in [2.05, 4.69) is 24.5 Å². The SMILES string of the molecule is CNCC(C)C(=O)NCc1ccccc1OCCC(C)C. The molecule has 0 aromatic heterocycles. The highest BCUT2D eigenvalue weighted by molar-refractivity contribution is 5.78. The summed E-state index contributed by atoms with van der Waals surface area (Å²) < 4.78 is 5.82. The molecule has 2 N–H and O–H groups in total. The van der Waals surface area contributed by atoms with Crippen LogP contribution in [-0.2, 0) is 11.3 Å². The molecule has 1 unspecified atom stereocenters. The van der Waals surface area contributed by atoms with Gasteiger partial charge in [0.2, 0.25) is 5.91 Å². The maximum atomic E-state index is 11.9. The highest BCUT2D eigenvalue weighted by atomic mass is 16.5. The fourth-order valence-electron chi connectivity index (χ4n) is 1.95. The molecule has 0 fully saturated rings. The summed E-state index contributed by atoms with van der Waals surface area (Å²) in [5.41, 5.74) is 1.02. The second kappa shape index (κ2) is 9.40. The van der Waals surface area contributed by atoms with Crippen molar-refractivity contribution >= 4 is 5.91 Å². The first-order valence-corrected chi connectivity index (χ1v) is 7.67. The van der Waals surface area contributed by atoms with Crippen LogP contribution in [0.15, 0.2) is 24.3 Å². The first-order valence-electron chi connectivity index (χ1n) is 7.67. The number of ether oxygens (including phenoxy) is 1. The Morgan fingerprint density at radius 2 is 1.95 bits per heavy atom. The van der Waals surface area contributed by atoms with Crippen LogP contribution in [0.4, 0.5) is 0 Å². The van der Waals surface area contributed by atoms with Crippen LogP contribution in [0.5, 0.6) is 5.75 Å². The monoisotopic (exact) mass is 292 g/mol. The zero-order valence-electron chi connectivity index (χ0n) is 13.6. The first-order chi connectivity index (χ1) is 10.0. The van der Waals surface area contributed by atoms with Gasteiger partial charge in [-0.3, -0.25) is 4.79 Å². The van der Waals surface area contributed by atoms with E-state index in [0.29, 0.717) is 25.6 Å². The van der Waals surface area contributed by atoms with Gasteiger partial charge in [-0.1, -0.05) is 39.0 Å². The van der Waals surface area contributed by atoms with Crippen molar-refractivity contribution < 1.29 is 9.53 Å². The molecule has 0 heterocycles. The van der Waals surface area contributed by atoms with Gasteiger partial charge in [0.05, 0.1) is 6.61 Å². The zero-order chi connectivity index (χ0) is 15.7. The quantitative estimate of drug-likeness (QED) is 0.735. The van der Waals surface area contributed by atoms with Crippen molar-refractivity contribution in [2.45, 2.75) is 33.7 Å². The van der Waals surface area contributed by atoms with Gasteiger partial charge in [0.25, 0.3) is 0 Å². The van der Waals surface area contributed by atoms with Crippen LogP contribution in [0.3, 0.4) is 0 Å². The Morgan fingerprint density at radius 1 is 1.24 bits per heavy atom. The van der Waals surface area contributed by atoms with E-state index in [-0.39, 0.29) is 11.8 Å². The second-order valence-electron chi connectivity index (χ2n) is 5.82. The summed E-state index contributed by atoms with van der Waals surface area (Å²) in [5, 5.41) is 5.98. The lowest BCUT2D eigenvalue weighted by molar-refractivity contribution is -0.124. The largest absolute Gasteiger partial charge is 0.493 e. The minimum Gasteiger partial charge on any atom is -0.493 e. The summed E-state index contributed by atoms with van der Waals surface area (Å²) in [6.07, 6.45) is 1.03. The van der Waals surface area contributed by atoms with Crippen LogP contribution in [0.1, 0.15) is 32.8 Å². The van der Waals surface area contributed by atoms with E-state index in [0.717, 1.165) is 17.7 Å². The van der Waals surface area contributed by atoms with Crippen molar-refractivity contribution in [3.05, 3.63) is 29.8 Å². The molecule has 1 rings (SSSR count). The van der Waals surface area contributed by atoms with Crippen LogP contribution in [0.2, 0.25) is 0 Å². The Balaban J connectivity index is 2.52. The fraction of sp³-hybridized carbons (Fsp3) is 0.588. The molecule has 118 valence electrons. The number of rotatable bonds is 9. The van der Waals surface area contributed by atoms with E-state index in [1.54, 1.807) is 0 Å². The normalized spacial score (nSPS) is 12.2. The van der Waals surface area contributed by atoms with E-state index in [9.17, 15) is 4.79 Å². The molecule has 1 aromatic rings. The Bertz CT molecular complexity index is 433. The topological polar surface area (TPSA) is 50.4 Å². The van der Waals surface area contributed by atoms with Gasteiger partial charge in [-0.05, 0) is 25.5 Å². The minimum atomic E-state index is -0.0379. The molecule has 0 aliphatic heterocycles. The maximum Gasteiger partial charge on any atom is 0.224 e. The molecule has 0 bridgehead atoms. The van der Waals surface area contributed by atoms with E-state index < -0.39 is 0 Å². The molecule has 4 heteroatoms. The number of hydrogen-bond donors (Lipinski definition) is 2. The average molecular weight is 292 g/mol. The molecule has 1 amide bonds. The van der Waals surface area contributed by atoms with Crippen molar-refractivity contribution in [1.29, 1.82) is 0 Å². The Morgan fingerprint density at radius 3 is 2.62 bits per heavy atom. The minimum absolute atomic E-state index is 0.0379. The van der Waals surface area contributed by atoms with E-state index in [1.807, 2.05) is 38.2 Å². The third-order valence-electron chi connectivity index (χ3n) is 3.34. The summed E-state index contributed by atoms with van der Waals surface area (Å²) in [7, 11) is 1.85. The summed E-state index contributed by atoms with van der Waals surface area (Å²) >= 11 is 0. The van der Waals surface area contributed by atoms with E-state index in [4.69, 9.17) is 4.74 Å². The van der Waals surface area contributed by atoms with Crippen LogP contribution >= 0.6 is 0 Å². The number of carbonyl (C=O) groups excluding carboxylic acids is 1. The molecule has 0 aliphatic carbocycles. The molecule has 4 nitrogen and oxygen atoms in total. The lowest BCUT2D eigenvalue weighted by Gasteiger charge is -2.15. The number of nitrogens with one attached hydrogen (secondary N) is 2. The Kier molecular flexibility index (Phi) is 7.83. The van der Waals surface area contributed by atoms with Crippen LogP contribution in [-0.4, -0.2) is 26.1 Å². The van der Waals surface area contributed by atoms with Crippen LogP contribution in [0, 0.1) is 11.8 Å². The van der Waals surface area contributed by atoms with Gasteiger partial charge in [0.1, 0.15) is 5.75 Å². The van der Waals surface area contributed by atoms with Gasteiger partial charge in [0.15, 0.2) is 0 Å². The van der Waals surface area contributed by atoms with Crippen molar-refractivity contribution in [2.24, 2.45) is 11.8 Å². The Labute approximate surface area is 128 Å². The molecule has 0 radical (unpaired) electrons. The van der Waals surface area contributed by atoms with Gasteiger partial charge in [-0.2, -0.15) is 0 Å². The smallest absolute Gasteiger partial charge is 0.224 e. The number of carbonyl (C=O) groups is 1. The summed E-state index contributed by atoms with van der Waals surface area (Å²) in [4.78, 5) is 11.9. The number of benzene rings is 1. The predicted octanol–water partition coefficient (Wildman–Crippen LogP) is 2.58. The highest BCUT2D eigenvalue weighted by Gasteiger charge is 2.12. The van der Waals surface area contributed by atoms with Crippen molar-refractivity contribution in [3.63, 3.8) is 0 Å². The lowest BCUT2D eigenvalue weighted by atomic mass is 10.1. The summed E-state index contributed by atoms with van der Waals surface area (Å²) in [6, 6.07) is 7.88. The van der Waals surface area contributed by atoms with Gasteiger partial charge in [-0.15, -0.1) is 0 Å². The number of amides is 1. The molecule has 0 saturated heterocycles. The van der Waals surface area contributed by atoms with Crippen LogP contribution in [0.25, 0.3) is 0 Å². The summed E-state index contributed by atoms with van der Waals surface area (Å²) in [5.74, 6) is 1.50. The zero-order valence-corrected chi connectivity index (χ0v) is 13.6. The maximum absolute atomic E-state index is 11.9. The Hall–Kier alpha value is -1.55. The lowest BCUT2D eigenvalue weighted by Crippen LogP contribution is -2.34. The van der Waals surface area contributed by atoms with Gasteiger partial charge < -0.3 is 15.4 Å². The van der Waals surface area contributed by atoms with E-state index >= 15 is 0 Å². The molecule has 21 heavy (non-hydrogen) atoms. The number of hydrogen-bond acceptors (Lipinski definition) is 3. The van der Waals surface area contributed by atoms with Gasteiger partial charge in [-0.25, -0.2) is 0 Å². The molecule has 0 aliphatic rings. The molecular weight excluding hydrogens is 264 g/mol. The molecule has 0 spiro atoms. The summed E-state index contributed by atoms with van der Waals surface area (Å²) in [6.45, 7) is 8.16. The van der Waals surface area contributed by atoms with Gasteiger partial charge in [0, 0.05) is 24.6 Å². The first kappa shape index (κ1) is 17.5. The third kappa shape index (κ3) is 6.63. The second-order valence-corrected chi connectivity index (χ2v) is 5.82. The van der Waals surface area contributed by atoms with Crippen LogP contribution < -0.4 is 15.4 Å². The molecular formula is C17H28N2O2. The van der Waals surface area contributed by atoms with Gasteiger partial charge >= 0.3 is 0 Å². The predicted molar refractivity (Wildman–Crippen MR) is 86.3 cm³/mol. The number of para-hydroxylation sites is 1. The average Bonchev–Trinajstić information content (AvgIpc) is 2.45. The molecule has 0 saturated carbocycles. The van der Waals surface area contributed by atoms with E-state index in [1.165, 1.54) is 0 Å². The highest BCUT2D eigenvalue weighted by Crippen LogP contribution is 2.18. The fourth-order valence-corrected chi connectivity index (χ4v) is 1.95.